The molecule has 0 radical (unpaired) electrons. The van der Waals surface area contributed by atoms with Gasteiger partial charge in [-0.1, -0.05) is 46.9 Å². The number of nitrogens with one attached hydrogen (secondary N) is 1. The van der Waals surface area contributed by atoms with E-state index in [1.165, 1.54) is 0 Å². The molecule has 0 fully saturated rings. The summed E-state index contributed by atoms with van der Waals surface area (Å²) in [5.41, 5.74) is 0.327. The van der Waals surface area contributed by atoms with Gasteiger partial charge in [-0.05, 0) is 19.1 Å². The van der Waals surface area contributed by atoms with E-state index in [2.05, 4.69) is 5.32 Å². The number of fused-ring (bicyclic) bond motifs is 1. The van der Waals surface area contributed by atoms with Crippen LogP contribution in [0, 0.1) is 0 Å². The van der Waals surface area contributed by atoms with Gasteiger partial charge in [-0.15, -0.1) is 0 Å². The first kappa shape index (κ1) is 17.9. The quantitative estimate of drug-likeness (QED) is 0.639. The number of carbonyl (C=O) groups excluding carboxylic acids is 2. The monoisotopic (exact) mass is 382 g/mol. The number of alkyl carbamates (subject to hydrolysis) is 1. The maximum atomic E-state index is 12.0. The molecule has 1 aromatic carbocycles. The number of anilines is 1. The second-order valence-corrected chi connectivity index (χ2v) is 6.71. The molecular formula is C13H13Cl3N2O5. The molecule has 0 aromatic heterocycles. The first-order valence-electron chi connectivity index (χ1n) is 6.54. The zero-order valence-corrected chi connectivity index (χ0v) is 14.2. The second-order valence-electron chi connectivity index (χ2n) is 4.34. The van der Waals surface area contributed by atoms with E-state index in [0.717, 1.165) is 5.06 Å². The fourth-order valence-corrected chi connectivity index (χ4v) is 2.03. The van der Waals surface area contributed by atoms with Crippen LogP contribution in [-0.2, 0) is 14.4 Å². The van der Waals surface area contributed by atoms with Gasteiger partial charge in [0.25, 0.3) is 5.91 Å². The Morgan fingerprint density at radius 2 is 2.13 bits per heavy atom. The molecular weight excluding hydrogens is 371 g/mol. The molecule has 0 saturated heterocycles. The zero-order valence-electron chi connectivity index (χ0n) is 11.9. The Hall–Kier alpha value is -1.41. The minimum absolute atomic E-state index is 0.123. The number of rotatable bonds is 4. The van der Waals surface area contributed by atoms with Crippen LogP contribution in [0.5, 0.6) is 5.75 Å². The molecule has 10 heteroatoms. The highest BCUT2D eigenvalue weighted by Gasteiger charge is 2.40. The van der Waals surface area contributed by atoms with Gasteiger partial charge in [-0.25, -0.2) is 9.63 Å². The highest BCUT2D eigenvalue weighted by molar-refractivity contribution is 6.68. The summed E-state index contributed by atoms with van der Waals surface area (Å²) in [6, 6.07) is 6.66. The number of para-hydroxylation sites is 2. The zero-order chi connectivity index (χ0) is 17.0. The third-order valence-corrected chi connectivity index (χ3v) is 3.29. The van der Waals surface area contributed by atoms with Crippen LogP contribution < -0.4 is 15.1 Å². The number of nitrogens with zero attached hydrogens (tertiary/aromatic N) is 1. The van der Waals surface area contributed by atoms with Crippen LogP contribution in [0.15, 0.2) is 24.3 Å². The number of hydrogen-bond donors (Lipinski definition) is 1. The van der Waals surface area contributed by atoms with Crippen molar-refractivity contribution < 1.29 is 23.9 Å². The molecule has 126 valence electrons. The van der Waals surface area contributed by atoms with Crippen LogP contribution in [0.4, 0.5) is 10.5 Å². The van der Waals surface area contributed by atoms with E-state index in [9.17, 15) is 9.59 Å². The van der Waals surface area contributed by atoms with Gasteiger partial charge in [0, 0.05) is 0 Å². The molecule has 7 nitrogen and oxygen atoms in total. The molecule has 23 heavy (non-hydrogen) atoms. The van der Waals surface area contributed by atoms with Crippen LogP contribution in [0.1, 0.15) is 6.92 Å². The average molecular weight is 384 g/mol. The van der Waals surface area contributed by atoms with Gasteiger partial charge in [0.15, 0.2) is 6.61 Å². The minimum atomic E-state index is -2.04. The van der Waals surface area contributed by atoms with Gasteiger partial charge < -0.3 is 9.47 Å². The number of alkyl halides is 3. The Balaban J connectivity index is 2.22. The summed E-state index contributed by atoms with van der Waals surface area (Å²) in [6.45, 7) is 1.49. The number of amides is 2. The molecule has 2 rings (SSSR count). The van der Waals surface area contributed by atoms with Crippen LogP contribution >= 0.6 is 34.8 Å². The predicted octanol–water partition coefficient (Wildman–Crippen LogP) is 2.79. The van der Waals surface area contributed by atoms with E-state index in [1.54, 1.807) is 31.2 Å². The highest BCUT2D eigenvalue weighted by Crippen LogP contribution is 2.36. The summed E-state index contributed by atoms with van der Waals surface area (Å²) in [5.74, 6) is -0.0973. The molecule has 0 bridgehead atoms. The maximum Gasteiger partial charge on any atom is 0.409 e. The molecule has 1 atom stereocenters. The molecule has 1 aliphatic heterocycles. The van der Waals surface area contributed by atoms with Crippen LogP contribution in [0.3, 0.4) is 0 Å². The van der Waals surface area contributed by atoms with Crippen molar-refractivity contribution in [1.29, 1.82) is 0 Å². The Bertz CT molecular complexity index is 593. The lowest BCUT2D eigenvalue weighted by atomic mass is 10.2. The Morgan fingerprint density at radius 1 is 1.43 bits per heavy atom. The van der Waals surface area contributed by atoms with Crippen LogP contribution in [0.2, 0.25) is 0 Å². The smallest absolute Gasteiger partial charge is 0.409 e. The number of carbonyl (C=O) groups is 2. The van der Waals surface area contributed by atoms with Gasteiger partial charge in [-0.3, -0.25) is 10.1 Å². The van der Waals surface area contributed by atoms with Crippen molar-refractivity contribution in [2.24, 2.45) is 0 Å². The number of hydroxylamine groups is 1. The summed E-state index contributed by atoms with van der Waals surface area (Å²) >= 11 is 17.4. The fourth-order valence-electron chi connectivity index (χ4n) is 1.75. The number of halogens is 3. The number of benzene rings is 1. The lowest BCUT2D eigenvalue weighted by Gasteiger charge is -2.33. The van der Waals surface area contributed by atoms with Gasteiger partial charge in [0.05, 0.1) is 6.61 Å². The summed E-state index contributed by atoms with van der Waals surface area (Å²) in [7, 11) is 0. The lowest BCUT2D eigenvalue weighted by molar-refractivity contribution is -0.132. The number of hydrogen-bond acceptors (Lipinski definition) is 5. The molecule has 1 heterocycles. The van der Waals surface area contributed by atoms with Crippen molar-refractivity contribution in [3.05, 3.63) is 24.3 Å². The molecule has 0 aliphatic carbocycles. The highest BCUT2D eigenvalue weighted by atomic mass is 35.6. The first-order valence-corrected chi connectivity index (χ1v) is 7.68. The predicted molar refractivity (Wildman–Crippen MR) is 84.7 cm³/mol. The fraction of sp³-hybridized carbons (Fsp3) is 0.385. The summed E-state index contributed by atoms with van der Waals surface area (Å²) < 4.78 is 7.95. The molecule has 1 aromatic rings. The van der Waals surface area contributed by atoms with Crippen molar-refractivity contribution in [2.75, 3.05) is 18.3 Å². The molecule has 1 aliphatic rings. The van der Waals surface area contributed by atoms with E-state index in [0.29, 0.717) is 11.4 Å². The Morgan fingerprint density at radius 3 is 2.78 bits per heavy atom. The second kappa shape index (κ2) is 7.44. The summed E-state index contributed by atoms with van der Waals surface area (Å²) in [5, 5.41) is 3.16. The third-order valence-electron chi connectivity index (χ3n) is 2.69. The van der Waals surface area contributed by atoms with Crippen molar-refractivity contribution in [3.8, 4) is 5.75 Å². The van der Waals surface area contributed by atoms with E-state index in [-0.39, 0.29) is 13.2 Å². The Labute approximate surface area is 147 Å². The van der Waals surface area contributed by atoms with Gasteiger partial charge in [0.2, 0.25) is 10.0 Å². The van der Waals surface area contributed by atoms with Crippen molar-refractivity contribution in [3.63, 3.8) is 0 Å². The molecule has 0 saturated carbocycles. The average Bonchev–Trinajstić information content (AvgIpc) is 2.48. The Kier molecular flexibility index (Phi) is 5.80. The molecule has 0 unspecified atom stereocenters. The topological polar surface area (TPSA) is 77.1 Å². The standard InChI is InChI=1S/C13H13Cl3N2O5/c1-2-21-12(20)17-11(13(14,15)16)23-18-8-5-3-4-6-9(8)22-7-10(18)19/h3-6,11H,2,7H2,1H3,(H,17,20)/t11-/m1/s1. The van der Waals surface area contributed by atoms with E-state index in [1.807, 2.05) is 0 Å². The third kappa shape index (κ3) is 4.54. The summed E-state index contributed by atoms with van der Waals surface area (Å²) in [6.07, 6.45) is -2.31. The van der Waals surface area contributed by atoms with Crippen LogP contribution in [-0.4, -0.2) is 35.2 Å². The molecule has 1 N–H and O–H groups in total. The first-order chi connectivity index (χ1) is 10.8. The van der Waals surface area contributed by atoms with E-state index >= 15 is 0 Å². The van der Waals surface area contributed by atoms with E-state index in [4.69, 9.17) is 49.1 Å². The number of ether oxygens (including phenoxy) is 2. The van der Waals surface area contributed by atoms with E-state index < -0.39 is 22.0 Å². The van der Waals surface area contributed by atoms with Gasteiger partial charge in [0.1, 0.15) is 11.4 Å². The van der Waals surface area contributed by atoms with Crippen molar-refractivity contribution >= 4 is 52.5 Å². The maximum absolute atomic E-state index is 12.0. The molecule has 2 amide bonds. The van der Waals surface area contributed by atoms with Gasteiger partial charge >= 0.3 is 6.09 Å². The normalized spacial score (nSPS) is 15.5. The SMILES string of the molecule is CCOC(=O)N[C@H](ON1C(=O)COc2ccccc21)C(Cl)(Cl)Cl. The lowest BCUT2D eigenvalue weighted by Crippen LogP contribution is -2.52. The largest absolute Gasteiger partial charge is 0.481 e. The molecule has 0 spiro atoms. The van der Waals surface area contributed by atoms with Gasteiger partial charge in [-0.2, -0.15) is 5.06 Å². The minimum Gasteiger partial charge on any atom is -0.481 e. The van der Waals surface area contributed by atoms with Crippen LogP contribution in [0.25, 0.3) is 0 Å². The van der Waals surface area contributed by atoms with Crippen molar-refractivity contribution in [1.82, 2.24) is 5.32 Å². The summed E-state index contributed by atoms with van der Waals surface area (Å²) in [4.78, 5) is 29.0. The van der Waals surface area contributed by atoms with Crippen molar-refractivity contribution in [2.45, 2.75) is 16.9 Å².